The van der Waals surface area contributed by atoms with Gasteiger partial charge in [0.25, 0.3) is 0 Å². The highest BCUT2D eigenvalue weighted by Crippen LogP contribution is 1.98. The molecule has 82 valence electrons. The highest BCUT2D eigenvalue weighted by atomic mass is 16.1. The average Bonchev–Trinajstić information content (AvgIpc) is 2.30. The lowest BCUT2D eigenvalue weighted by Crippen LogP contribution is -2.16. The molecular formula is C13H14N2O. The molecule has 0 aliphatic heterocycles. The predicted molar refractivity (Wildman–Crippen MR) is 64.0 cm³/mol. The van der Waals surface area contributed by atoms with E-state index in [0.717, 1.165) is 12.2 Å². The summed E-state index contributed by atoms with van der Waals surface area (Å²) in [6, 6.07) is 15.3. The maximum absolute atomic E-state index is 11.0. The van der Waals surface area contributed by atoms with E-state index in [1.165, 1.54) is 11.6 Å². The Morgan fingerprint density at radius 2 is 1.75 bits per heavy atom. The van der Waals surface area contributed by atoms with Gasteiger partial charge in [-0.3, -0.25) is 4.79 Å². The molecular weight excluding hydrogens is 200 g/mol. The summed E-state index contributed by atoms with van der Waals surface area (Å²) in [6.07, 6.45) is 0. The van der Waals surface area contributed by atoms with Crippen molar-refractivity contribution in [2.24, 2.45) is 0 Å². The Hall–Kier alpha value is -1.87. The molecule has 16 heavy (non-hydrogen) atoms. The maximum atomic E-state index is 11.0. The number of H-pyrrole nitrogens is 1. The van der Waals surface area contributed by atoms with Gasteiger partial charge in [-0.25, -0.2) is 0 Å². The first-order chi connectivity index (χ1) is 7.84. The summed E-state index contributed by atoms with van der Waals surface area (Å²) in [6.45, 7) is 1.47. The molecule has 0 saturated carbocycles. The van der Waals surface area contributed by atoms with Crippen LogP contribution < -0.4 is 10.9 Å². The second-order valence-electron chi connectivity index (χ2n) is 3.63. The van der Waals surface area contributed by atoms with E-state index < -0.39 is 0 Å². The number of benzene rings is 1. The summed E-state index contributed by atoms with van der Waals surface area (Å²) < 4.78 is 0. The highest BCUT2D eigenvalue weighted by molar-refractivity contribution is 5.14. The third-order valence-corrected chi connectivity index (χ3v) is 2.32. The Morgan fingerprint density at radius 1 is 0.938 bits per heavy atom. The van der Waals surface area contributed by atoms with Crippen molar-refractivity contribution in [1.29, 1.82) is 0 Å². The van der Waals surface area contributed by atoms with Crippen LogP contribution in [-0.4, -0.2) is 4.98 Å². The lowest BCUT2D eigenvalue weighted by atomic mass is 10.2. The van der Waals surface area contributed by atoms with E-state index >= 15 is 0 Å². The number of pyridine rings is 1. The zero-order chi connectivity index (χ0) is 11.2. The van der Waals surface area contributed by atoms with E-state index in [1.807, 2.05) is 24.3 Å². The van der Waals surface area contributed by atoms with Gasteiger partial charge >= 0.3 is 0 Å². The summed E-state index contributed by atoms with van der Waals surface area (Å²) in [7, 11) is 0. The lowest BCUT2D eigenvalue weighted by molar-refractivity contribution is 0.678. The summed E-state index contributed by atoms with van der Waals surface area (Å²) in [5, 5.41) is 3.28. The number of aromatic nitrogens is 1. The number of nitrogens with one attached hydrogen (secondary N) is 2. The van der Waals surface area contributed by atoms with Gasteiger partial charge in [-0.2, -0.15) is 0 Å². The zero-order valence-corrected chi connectivity index (χ0v) is 8.94. The van der Waals surface area contributed by atoms with Gasteiger partial charge in [0.05, 0.1) is 0 Å². The topological polar surface area (TPSA) is 44.9 Å². The molecule has 2 N–H and O–H groups in total. The second kappa shape index (κ2) is 5.28. The van der Waals surface area contributed by atoms with Gasteiger partial charge in [0.1, 0.15) is 0 Å². The van der Waals surface area contributed by atoms with E-state index in [1.54, 1.807) is 6.07 Å². The van der Waals surface area contributed by atoms with Crippen LogP contribution in [0.3, 0.4) is 0 Å². The molecule has 1 aromatic heterocycles. The second-order valence-corrected chi connectivity index (χ2v) is 3.63. The molecule has 0 aliphatic rings. The van der Waals surface area contributed by atoms with E-state index in [-0.39, 0.29) is 5.56 Å². The molecule has 0 bridgehead atoms. The average molecular weight is 214 g/mol. The number of hydrogen-bond donors (Lipinski definition) is 2. The molecule has 0 saturated heterocycles. The van der Waals surface area contributed by atoms with Crippen LogP contribution in [-0.2, 0) is 13.1 Å². The summed E-state index contributed by atoms with van der Waals surface area (Å²) >= 11 is 0. The Kier molecular flexibility index (Phi) is 3.51. The first-order valence-corrected chi connectivity index (χ1v) is 5.27. The Balaban J connectivity index is 1.87. The highest BCUT2D eigenvalue weighted by Gasteiger charge is 1.93. The molecule has 0 atom stereocenters. The molecule has 0 aliphatic carbocycles. The zero-order valence-electron chi connectivity index (χ0n) is 8.94. The van der Waals surface area contributed by atoms with Gasteiger partial charge in [0.15, 0.2) is 0 Å². The van der Waals surface area contributed by atoms with Gasteiger partial charge in [-0.15, -0.1) is 0 Å². The van der Waals surface area contributed by atoms with Crippen molar-refractivity contribution in [3.8, 4) is 0 Å². The van der Waals surface area contributed by atoms with Crippen LogP contribution in [0.5, 0.6) is 0 Å². The minimum atomic E-state index is -0.0565. The van der Waals surface area contributed by atoms with Crippen LogP contribution in [0.25, 0.3) is 0 Å². The molecule has 0 fully saturated rings. The van der Waals surface area contributed by atoms with Crippen molar-refractivity contribution < 1.29 is 0 Å². The molecule has 2 aromatic rings. The normalized spacial score (nSPS) is 10.2. The minimum absolute atomic E-state index is 0.0565. The molecule has 0 spiro atoms. The molecule has 0 amide bonds. The minimum Gasteiger partial charge on any atom is -0.325 e. The first-order valence-electron chi connectivity index (χ1n) is 5.27. The molecule has 0 unspecified atom stereocenters. The van der Waals surface area contributed by atoms with Crippen LogP contribution >= 0.6 is 0 Å². The van der Waals surface area contributed by atoms with Gasteiger partial charge in [0, 0.05) is 24.8 Å². The Bertz CT molecular complexity index is 491. The van der Waals surface area contributed by atoms with Gasteiger partial charge in [0.2, 0.25) is 5.56 Å². The van der Waals surface area contributed by atoms with Crippen LogP contribution in [0.2, 0.25) is 0 Å². The monoisotopic (exact) mass is 214 g/mol. The SMILES string of the molecule is O=c1cccc(CNCc2ccccc2)[nH]1. The summed E-state index contributed by atoms with van der Waals surface area (Å²) in [5.41, 5.74) is 2.09. The molecule has 2 rings (SSSR count). The van der Waals surface area contributed by atoms with Gasteiger partial charge < -0.3 is 10.3 Å². The Labute approximate surface area is 94.1 Å². The van der Waals surface area contributed by atoms with Crippen molar-refractivity contribution in [3.05, 3.63) is 70.1 Å². The van der Waals surface area contributed by atoms with Crippen molar-refractivity contribution in [3.63, 3.8) is 0 Å². The van der Waals surface area contributed by atoms with E-state index in [9.17, 15) is 4.79 Å². The van der Waals surface area contributed by atoms with E-state index in [0.29, 0.717) is 6.54 Å². The lowest BCUT2D eigenvalue weighted by Gasteiger charge is -2.04. The van der Waals surface area contributed by atoms with E-state index in [2.05, 4.69) is 22.4 Å². The molecule has 1 aromatic carbocycles. The molecule has 3 nitrogen and oxygen atoms in total. The van der Waals surface area contributed by atoms with Crippen LogP contribution in [0.1, 0.15) is 11.3 Å². The van der Waals surface area contributed by atoms with Gasteiger partial charge in [-0.05, 0) is 11.6 Å². The fraction of sp³-hybridized carbons (Fsp3) is 0.154. The molecule has 1 heterocycles. The van der Waals surface area contributed by atoms with Crippen LogP contribution in [0, 0.1) is 0 Å². The standard InChI is InChI=1S/C13H14N2O/c16-13-8-4-7-12(15-13)10-14-9-11-5-2-1-3-6-11/h1-8,14H,9-10H2,(H,15,16). The van der Waals surface area contributed by atoms with Crippen LogP contribution in [0.4, 0.5) is 0 Å². The number of rotatable bonds is 4. The van der Waals surface area contributed by atoms with Crippen molar-refractivity contribution in [1.82, 2.24) is 10.3 Å². The summed E-state index contributed by atoms with van der Waals surface area (Å²) in [5.74, 6) is 0. The smallest absolute Gasteiger partial charge is 0.248 e. The first kappa shape index (κ1) is 10.6. The van der Waals surface area contributed by atoms with Gasteiger partial charge in [-0.1, -0.05) is 36.4 Å². The number of hydrogen-bond acceptors (Lipinski definition) is 2. The largest absolute Gasteiger partial charge is 0.325 e. The van der Waals surface area contributed by atoms with Crippen LogP contribution in [0.15, 0.2) is 53.3 Å². The molecule has 0 radical (unpaired) electrons. The molecule has 3 heteroatoms. The third kappa shape index (κ3) is 3.07. The quantitative estimate of drug-likeness (QED) is 0.813. The fourth-order valence-corrected chi connectivity index (χ4v) is 1.53. The van der Waals surface area contributed by atoms with Crippen molar-refractivity contribution in [2.45, 2.75) is 13.1 Å². The number of aromatic amines is 1. The Morgan fingerprint density at radius 3 is 2.50 bits per heavy atom. The van der Waals surface area contributed by atoms with E-state index in [4.69, 9.17) is 0 Å². The maximum Gasteiger partial charge on any atom is 0.248 e. The van der Waals surface area contributed by atoms with Crippen molar-refractivity contribution in [2.75, 3.05) is 0 Å². The van der Waals surface area contributed by atoms with Crippen molar-refractivity contribution >= 4 is 0 Å². The fourth-order valence-electron chi connectivity index (χ4n) is 1.53. The summed E-state index contributed by atoms with van der Waals surface area (Å²) in [4.78, 5) is 13.8. The predicted octanol–water partition coefficient (Wildman–Crippen LogP) is 1.66. The third-order valence-electron chi connectivity index (χ3n) is 2.32.